The van der Waals surface area contributed by atoms with Crippen molar-refractivity contribution >= 4 is 10.1 Å². The average molecular weight is 475 g/mol. The normalized spacial score (nSPS) is 11.9. The van der Waals surface area contributed by atoms with E-state index in [9.17, 15) is 8.42 Å². The van der Waals surface area contributed by atoms with Crippen LogP contribution in [0.1, 0.15) is 168 Å². The molecule has 0 N–H and O–H groups in total. The molecule has 4 heteroatoms. The first-order valence-electron chi connectivity index (χ1n) is 14.5. The lowest BCUT2D eigenvalue weighted by molar-refractivity contribution is 0.305. The van der Waals surface area contributed by atoms with Gasteiger partial charge in [-0.3, -0.25) is 4.18 Å². The molecule has 0 saturated heterocycles. The van der Waals surface area contributed by atoms with Crippen LogP contribution in [-0.4, -0.2) is 20.8 Å². The van der Waals surface area contributed by atoms with E-state index in [2.05, 4.69) is 13.8 Å². The van der Waals surface area contributed by atoms with E-state index >= 15 is 0 Å². The monoisotopic (exact) mass is 474 g/mol. The summed E-state index contributed by atoms with van der Waals surface area (Å²) in [5.74, 6) is 0.195. The van der Waals surface area contributed by atoms with Gasteiger partial charge in [0.2, 0.25) is 0 Å². The minimum atomic E-state index is -3.30. The van der Waals surface area contributed by atoms with Crippen LogP contribution in [0.3, 0.4) is 0 Å². The summed E-state index contributed by atoms with van der Waals surface area (Å²) < 4.78 is 29.1. The molecule has 0 aromatic heterocycles. The van der Waals surface area contributed by atoms with Gasteiger partial charge in [0.1, 0.15) is 0 Å². The van der Waals surface area contributed by atoms with Crippen molar-refractivity contribution in [2.24, 2.45) is 0 Å². The molecule has 0 saturated carbocycles. The van der Waals surface area contributed by atoms with Gasteiger partial charge in [0.15, 0.2) is 0 Å². The maximum Gasteiger partial charge on any atom is 0.267 e. The van der Waals surface area contributed by atoms with E-state index in [4.69, 9.17) is 4.18 Å². The van der Waals surface area contributed by atoms with E-state index in [1.807, 2.05) is 0 Å². The number of rotatable bonds is 27. The zero-order chi connectivity index (χ0) is 23.6. The van der Waals surface area contributed by atoms with Crippen LogP contribution in [0.15, 0.2) is 0 Å². The topological polar surface area (TPSA) is 43.4 Å². The molecule has 0 fully saturated rings. The van der Waals surface area contributed by atoms with Gasteiger partial charge in [-0.1, -0.05) is 155 Å². The second kappa shape index (κ2) is 25.5. The molecule has 0 rings (SSSR count). The molecule has 0 aliphatic carbocycles. The lowest BCUT2D eigenvalue weighted by Crippen LogP contribution is -2.11. The molecule has 0 aliphatic rings. The number of hydrogen-bond acceptors (Lipinski definition) is 3. The summed E-state index contributed by atoms with van der Waals surface area (Å²) in [7, 11) is -3.30. The van der Waals surface area contributed by atoms with Gasteiger partial charge in [0.25, 0.3) is 10.1 Å². The highest BCUT2D eigenvalue weighted by Gasteiger charge is 2.10. The molecule has 0 bridgehead atoms. The van der Waals surface area contributed by atoms with Crippen molar-refractivity contribution in [3.63, 3.8) is 0 Å². The molecule has 0 heterocycles. The highest BCUT2D eigenvalue weighted by molar-refractivity contribution is 7.86. The molecule has 0 aliphatic heterocycles. The Kier molecular flexibility index (Phi) is 25.5. The Morgan fingerprint density at radius 1 is 0.406 bits per heavy atom. The molecule has 194 valence electrons. The van der Waals surface area contributed by atoms with E-state index in [1.54, 1.807) is 0 Å². The van der Waals surface area contributed by atoms with Crippen molar-refractivity contribution < 1.29 is 12.6 Å². The summed E-state index contributed by atoms with van der Waals surface area (Å²) >= 11 is 0. The standard InChI is InChI=1S/C28H58O3S/c1-3-5-7-9-11-13-14-15-16-17-18-19-20-21-23-25-27-31-32(29,30)28-26-24-22-12-10-8-6-4-2/h3-28H2,1-2H3. The summed E-state index contributed by atoms with van der Waals surface area (Å²) in [6.45, 7) is 4.88. The molecule has 0 spiro atoms. The van der Waals surface area contributed by atoms with E-state index in [1.165, 1.54) is 122 Å². The summed E-state index contributed by atoms with van der Waals surface area (Å²) in [5, 5.41) is 0. The lowest BCUT2D eigenvalue weighted by atomic mass is 10.0. The van der Waals surface area contributed by atoms with Crippen LogP contribution < -0.4 is 0 Å². The Balaban J connectivity index is 3.26. The summed E-state index contributed by atoms with van der Waals surface area (Å²) in [6.07, 6.45) is 30.6. The summed E-state index contributed by atoms with van der Waals surface area (Å²) in [4.78, 5) is 0. The predicted molar refractivity (Wildman–Crippen MR) is 142 cm³/mol. The van der Waals surface area contributed by atoms with Crippen molar-refractivity contribution in [3.05, 3.63) is 0 Å². The molecular formula is C28H58O3S. The van der Waals surface area contributed by atoms with Crippen molar-refractivity contribution in [1.29, 1.82) is 0 Å². The lowest BCUT2D eigenvalue weighted by Gasteiger charge is -2.06. The van der Waals surface area contributed by atoms with Crippen LogP contribution in [0, 0.1) is 0 Å². The SMILES string of the molecule is CCCCCCCCCCCCCCCCCCOS(=O)(=O)CCCCCCCCCC. The second-order valence-electron chi connectivity index (χ2n) is 9.86. The minimum Gasteiger partial charge on any atom is -0.270 e. The Bertz CT molecular complexity index is 448. The molecule has 32 heavy (non-hydrogen) atoms. The molecule has 0 atom stereocenters. The molecule has 0 radical (unpaired) electrons. The predicted octanol–water partition coefficient (Wildman–Crippen LogP) is 9.73. The van der Waals surface area contributed by atoms with Crippen molar-refractivity contribution in [3.8, 4) is 0 Å². The third-order valence-electron chi connectivity index (χ3n) is 6.51. The van der Waals surface area contributed by atoms with Gasteiger partial charge in [-0.05, 0) is 12.8 Å². The van der Waals surface area contributed by atoms with Gasteiger partial charge in [-0.2, -0.15) is 8.42 Å². The van der Waals surface area contributed by atoms with Crippen molar-refractivity contribution in [2.45, 2.75) is 168 Å². The number of unbranched alkanes of at least 4 members (excludes halogenated alkanes) is 22. The molecule has 0 aromatic carbocycles. The first kappa shape index (κ1) is 31.9. The van der Waals surface area contributed by atoms with Crippen LogP contribution in [-0.2, 0) is 14.3 Å². The van der Waals surface area contributed by atoms with Crippen molar-refractivity contribution in [1.82, 2.24) is 0 Å². The third-order valence-corrected chi connectivity index (χ3v) is 7.82. The second-order valence-corrected chi connectivity index (χ2v) is 11.6. The maximum absolute atomic E-state index is 11.9. The summed E-state index contributed by atoms with van der Waals surface area (Å²) in [5.41, 5.74) is 0. The Morgan fingerprint density at radius 3 is 1.03 bits per heavy atom. The van der Waals surface area contributed by atoms with Crippen LogP contribution >= 0.6 is 0 Å². The van der Waals surface area contributed by atoms with Crippen LogP contribution in [0.25, 0.3) is 0 Å². The molecule has 0 unspecified atom stereocenters. The maximum atomic E-state index is 11.9. The third kappa shape index (κ3) is 26.2. The van der Waals surface area contributed by atoms with E-state index in [0.717, 1.165) is 32.1 Å². The first-order chi connectivity index (χ1) is 15.6. The van der Waals surface area contributed by atoms with Gasteiger partial charge in [-0.15, -0.1) is 0 Å². The zero-order valence-electron chi connectivity index (χ0n) is 22.0. The van der Waals surface area contributed by atoms with Crippen molar-refractivity contribution in [2.75, 3.05) is 12.4 Å². The van der Waals surface area contributed by atoms with Gasteiger partial charge in [-0.25, -0.2) is 0 Å². The van der Waals surface area contributed by atoms with E-state index in [-0.39, 0.29) is 5.75 Å². The fourth-order valence-electron chi connectivity index (χ4n) is 4.31. The first-order valence-corrected chi connectivity index (χ1v) is 16.1. The van der Waals surface area contributed by atoms with Crippen LogP contribution in [0.5, 0.6) is 0 Å². The Labute approximate surface area is 203 Å². The zero-order valence-corrected chi connectivity index (χ0v) is 22.8. The minimum absolute atomic E-state index is 0.195. The van der Waals surface area contributed by atoms with Gasteiger partial charge in [0.05, 0.1) is 12.4 Å². The molecular weight excluding hydrogens is 416 g/mol. The number of hydrogen-bond donors (Lipinski definition) is 0. The van der Waals surface area contributed by atoms with Gasteiger partial charge < -0.3 is 0 Å². The molecule has 3 nitrogen and oxygen atoms in total. The molecule has 0 aromatic rings. The van der Waals surface area contributed by atoms with E-state index in [0.29, 0.717) is 6.61 Å². The smallest absolute Gasteiger partial charge is 0.267 e. The van der Waals surface area contributed by atoms with Crippen LogP contribution in [0.4, 0.5) is 0 Å². The molecule has 0 amide bonds. The van der Waals surface area contributed by atoms with Crippen LogP contribution in [0.2, 0.25) is 0 Å². The highest BCUT2D eigenvalue weighted by atomic mass is 32.2. The summed E-state index contributed by atoms with van der Waals surface area (Å²) in [6, 6.07) is 0. The fourth-order valence-corrected chi connectivity index (χ4v) is 5.36. The van der Waals surface area contributed by atoms with E-state index < -0.39 is 10.1 Å². The average Bonchev–Trinajstić information content (AvgIpc) is 2.77. The Hall–Kier alpha value is -0.0900. The quantitative estimate of drug-likeness (QED) is 0.0878. The largest absolute Gasteiger partial charge is 0.270 e. The highest BCUT2D eigenvalue weighted by Crippen LogP contribution is 2.14. The fraction of sp³-hybridized carbons (Fsp3) is 1.00. The Morgan fingerprint density at radius 2 is 0.688 bits per heavy atom. The van der Waals surface area contributed by atoms with Gasteiger partial charge in [0, 0.05) is 0 Å². The van der Waals surface area contributed by atoms with Gasteiger partial charge >= 0.3 is 0 Å².